The van der Waals surface area contributed by atoms with Gasteiger partial charge in [-0.2, -0.15) is 0 Å². The highest BCUT2D eigenvalue weighted by molar-refractivity contribution is 5.69. The van der Waals surface area contributed by atoms with E-state index in [4.69, 9.17) is 5.53 Å². The molecule has 1 aromatic rings. The van der Waals surface area contributed by atoms with Crippen molar-refractivity contribution in [2.45, 2.75) is 39.2 Å². The van der Waals surface area contributed by atoms with Crippen LogP contribution in [0.2, 0.25) is 0 Å². The van der Waals surface area contributed by atoms with Gasteiger partial charge in [0, 0.05) is 11.3 Å². The molecule has 1 aromatic carbocycles. The number of azide groups is 1. The molecule has 5 heteroatoms. The van der Waals surface area contributed by atoms with Crippen molar-refractivity contribution in [3.8, 4) is 0 Å². The Morgan fingerprint density at radius 1 is 1.35 bits per heavy atom. The molecule has 0 aliphatic rings. The minimum absolute atomic E-state index is 0.135. The lowest BCUT2D eigenvalue weighted by Gasteiger charge is -2.15. The smallest absolute Gasteiger partial charge is 0.305 e. The summed E-state index contributed by atoms with van der Waals surface area (Å²) in [5.41, 5.74) is 10.8. The Kier molecular flexibility index (Phi) is 6.60. The van der Waals surface area contributed by atoms with Crippen molar-refractivity contribution in [3.05, 3.63) is 45.8 Å². The van der Waals surface area contributed by atoms with Crippen molar-refractivity contribution >= 4 is 5.97 Å². The first kappa shape index (κ1) is 16.1. The molecule has 108 valence electrons. The van der Waals surface area contributed by atoms with Crippen LogP contribution in [-0.2, 0) is 16.0 Å². The Morgan fingerprint density at radius 2 is 2.00 bits per heavy atom. The second-order valence-electron chi connectivity index (χ2n) is 5.07. The lowest BCUT2D eigenvalue weighted by Crippen LogP contribution is -2.03. The Balaban J connectivity index is 2.63. The van der Waals surface area contributed by atoms with Gasteiger partial charge in [0.15, 0.2) is 0 Å². The summed E-state index contributed by atoms with van der Waals surface area (Å²) in [5, 5.41) is 3.84. The number of carbonyl (C=O) groups excluding carboxylic acids is 1. The predicted octanol–water partition coefficient (Wildman–Crippen LogP) is 4.19. The molecule has 20 heavy (non-hydrogen) atoms. The van der Waals surface area contributed by atoms with Crippen LogP contribution in [0, 0.1) is 5.92 Å². The highest BCUT2D eigenvalue weighted by Gasteiger charge is 2.13. The third-order valence-electron chi connectivity index (χ3n) is 3.20. The first-order valence-corrected chi connectivity index (χ1v) is 6.78. The zero-order chi connectivity index (χ0) is 15.0. The number of ether oxygens (including phenoxy) is 1. The molecule has 0 N–H and O–H groups in total. The SMILES string of the molecule is COC(=O)CCCc1ccc(C(N=[N+]=[N-])C(C)C)cc1. The summed E-state index contributed by atoms with van der Waals surface area (Å²) in [6.07, 6.45) is 2.05. The predicted molar refractivity (Wildman–Crippen MR) is 78.1 cm³/mol. The number of nitrogens with zero attached hydrogens (tertiary/aromatic N) is 3. The lowest BCUT2D eigenvalue weighted by atomic mass is 9.95. The number of rotatable bonds is 7. The van der Waals surface area contributed by atoms with Crippen LogP contribution in [0.1, 0.15) is 43.9 Å². The van der Waals surface area contributed by atoms with Crippen molar-refractivity contribution < 1.29 is 9.53 Å². The van der Waals surface area contributed by atoms with Gasteiger partial charge >= 0.3 is 5.97 Å². The summed E-state index contributed by atoms with van der Waals surface area (Å²) in [4.78, 5) is 13.9. The van der Waals surface area contributed by atoms with Gasteiger partial charge < -0.3 is 4.74 Å². The van der Waals surface area contributed by atoms with E-state index in [1.54, 1.807) is 0 Å². The molecule has 0 heterocycles. The normalized spacial score (nSPS) is 11.8. The minimum atomic E-state index is -0.176. The van der Waals surface area contributed by atoms with Crippen LogP contribution in [0.4, 0.5) is 0 Å². The van der Waals surface area contributed by atoms with Crippen LogP contribution in [0.15, 0.2) is 29.4 Å². The molecule has 0 aliphatic heterocycles. The summed E-state index contributed by atoms with van der Waals surface area (Å²) in [7, 11) is 1.40. The van der Waals surface area contributed by atoms with E-state index in [1.165, 1.54) is 12.7 Å². The summed E-state index contributed by atoms with van der Waals surface area (Å²) >= 11 is 0. The van der Waals surface area contributed by atoms with Crippen molar-refractivity contribution in [3.63, 3.8) is 0 Å². The molecule has 0 fully saturated rings. The van der Waals surface area contributed by atoms with Crippen molar-refractivity contribution in [1.82, 2.24) is 0 Å². The van der Waals surface area contributed by atoms with Crippen LogP contribution in [0.25, 0.3) is 10.4 Å². The highest BCUT2D eigenvalue weighted by Crippen LogP contribution is 2.26. The molecule has 5 nitrogen and oxygen atoms in total. The van der Waals surface area contributed by atoms with Crippen LogP contribution in [0.5, 0.6) is 0 Å². The summed E-state index contributed by atoms with van der Waals surface area (Å²) in [6, 6.07) is 7.90. The summed E-state index contributed by atoms with van der Waals surface area (Å²) in [5.74, 6) is 0.0842. The highest BCUT2D eigenvalue weighted by atomic mass is 16.5. The number of hydrogen-bond donors (Lipinski definition) is 0. The monoisotopic (exact) mass is 275 g/mol. The van der Waals surface area contributed by atoms with E-state index in [-0.39, 0.29) is 17.9 Å². The number of aryl methyl sites for hydroxylation is 1. The van der Waals surface area contributed by atoms with E-state index in [9.17, 15) is 4.79 Å². The van der Waals surface area contributed by atoms with Gasteiger partial charge in [0.2, 0.25) is 0 Å². The zero-order valence-electron chi connectivity index (χ0n) is 12.2. The molecule has 0 spiro atoms. The standard InChI is InChI=1S/C15H21N3O2/c1-11(2)15(17-18-16)13-9-7-12(8-10-13)5-4-6-14(19)20-3/h7-11,15H,4-6H2,1-3H3. The molecular weight excluding hydrogens is 254 g/mol. The second-order valence-corrected chi connectivity index (χ2v) is 5.07. The third-order valence-corrected chi connectivity index (χ3v) is 3.20. The molecule has 0 saturated heterocycles. The molecule has 0 aliphatic carbocycles. The average Bonchev–Trinajstić information content (AvgIpc) is 2.45. The van der Waals surface area contributed by atoms with Gasteiger partial charge in [-0.3, -0.25) is 4.79 Å². The van der Waals surface area contributed by atoms with Gasteiger partial charge in [0.05, 0.1) is 13.2 Å². The first-order chi connectivity index (χ1) is 9.58. The molecule has 0 bridgehead atoms. The van der Waals surface area contributed by atoms with E-state index < -0.39 is 0 Å². The number of carbonyl (C=O) groups is 1. The van der Waals surface area contributed by atoms with Crippen molar-refractivity contribution in [1.29, 1.82) is 0 Å². The molecule has 0 amide bonds. The van der Waals surface area contributed by atoms with E-state index >= 15 is 0 Å². The number of esters is 1. The fourth-order valence-corrected chi connectivity index (χ4v) is 2.06. The molecule has 0 saturated carbocycles. The van der Waals surface area contributed by atoms with Gasteiger partial charge in [-0.25, -0.2) is 0 Å². The fourth-order valence-electron chi connectivity index (χ4n) is 2.06. The van der Waals surface area contributed by atoms with Gasteiger partial charge in [-0.1, -0.05) is 43.2 Å². The van der Waals surface area contributed by atoms with Gasteiger partial charge in [0.1, 0.15) is 0 Å². The fraction of sp³-hybridized carbons (Fsp3) is 0.533. The molecule has 1 atom stereocenters. The topological polar surface area (TPSA) is 75.1 Å². The zero-order valence-corrected chi connectivity index (χ0v) is 12.2. The Morgan fingerprint density at radius 3 is 2.50 bits per heavy atom. The van der Waals surface area contributed by atoms with E-state index in [2.05, 4.69) is 14.8 Å². The molecular formula is C15H21N3O2. The van der Waals surface area contributed by atoms with Gasteiger partial charge in [-0.15, -0.1) is 0 Å². The van der Waals surface area contributed by atoms with Crippen LogP contribution >= 0.6 is 0 Å². The molecule has 1 unspecified atom stereocenters. The van der Waals surface area contributed by atoms with E-state index in [0.717, 1.165) is 18.4 Å². The molecule has 0 aromatic heterocycles. The van der Waals surface area contributed by atoms with Crippen molar-refractivity contribution in [2.24, 2.45) is 11.0 Å². The van der Waals surface area contributed by atoms with Crippen LogP contribution < -0.4 is 0 Å². The molecule has 1 rings (SSSR count). The third kappa shape index (κ3) is 4.94. The number of benzene rings is 1. The summed E-state index contributed by atoms with van der Waals surface area (Å²) in [6.45, 7) is 4.06. The second kappa shape index (κ2) is 8.23. The maximum atomic E-state index is 11.0. The van der Waals surface area contributed by atoms with Crippen LogP contribution in [0.3, 0.4) is 0 Å². The van der Waals surface area contributed by atoms with E-state index in [1.807, 2.05) is 38.1 Å². The Labute approximate surface area is 119 Å². The summed E-state index contributed by atoms with van der Waals surface area (Å²) < 4.78 is 4.61. The Hall–Kier alpha value is -2.00. The lowest BCUT2D eigenvalue weighted by molar-refractivity contribution is -0.140. The van der Waals surface area contributed by atoms with Gasteiger partial charge in [-0.05, 0) is 35.4 Å². The first-order valence-electron chi connectivity index (χ1n) is 6.78. The van der Waals surface area contributed by atoms with Gasteiger partial charge in [0.25, 0.3) is 0 Å². The average molecular weight is 275 g/mol. The maximum Gasteiger partial charge on any atom is 0.305 e. The largest absolute Gasteiger partial charge is 0.469 e. The maximum absolute atomic E-state index is 11.0. The van der Waals surface area contributed by atoms with Crippen molar-refractivity contribution in [2.75, 3.05) is 7.11 Å². The quantitative estimate of drug-likeness (QED) is 0.324. The van der Waals surface area contributed by atoms with E-state index in [0.29, 0.717) is 6.42 Å². The number of methoxy groups -OCH3 is 1. The molecule has 0 radical (unpaired) electrons. The minimum Gasteiger partial charge on any atom is -0.469 e. The van der Waals surface area contributed by atoms with Crippen LogP contribution in [-0.4, -0.2) is 13.1 Å². The number of hydrogen-bond acceptors (Lipinski definition) is 3. The Bertz CT molecular complexity index is 476.